The fourth-order valence-electron chi connectivity index (χ4n) is 1.36. The minimum atomic E-state index is -0.362. The second-order valence-electron chi connectivity index (χ2n) is 3.70. The molecule has 0 aliphatic rings. The van der Waals surface area contributed by atoms with E-state index in [0.29, 0.717) is 35.2 Å². The van der Waals surface area contributed by atoms with Crippen LogP contribution in [0.15, 0.2) is 16.6 Å². The second kappa shape index (κ2) is 6.44. The maximum Gasteiger partial charge on any atom is 0.217 e. The van der Waals surface area contributed by atoms with Crippen molar-refractivity contribution in [1.29, 1.82) is 0 Å². The zero-order chi connectivity index (χ0) is 12.8. The van der Waals surface area contributed by atoms with E-state index in [1.54, 1.807) is 0 Å². The van der Waals surface area contributed by atoms with E-state index in [1.807, 2.05) is 0 Å². The first-order valence-corrected chi connectivity index (χ1v) is 6.06. The number of nitrogens with two attached hydrogens (primary N) is 2. The first kappa shape index (κ1) is 13.8. The molecule has 1 amide bonds. The Labute approximate surface area is 108 Å². The van der Waals surface area contributed by atoms with E-state index in [1.165, 1.54) is 12.1 Å². The van der Waals surface area contributed by atoms with Crippen molar-refractivity contribution in [3.05, 3.63) is 22.4 Å². The molecule has 0 aliphatic carbocycles. The van der Waals surface area contributed by atoms with Gasteiger partial charge in [0, 0.05) is 19.0 Å². The first-order chi connectivity index (χ1) is 8.00. The molecule has 6 heteroatoms. The maximum atomic E-state index is 13.2. The van der Waals surface area contributed by atoms with Crippen LogP contribution in [0.1, 0.15) is 19.3 Å². The third-order valence-electron chi connectivity index (χ3n) is 2.26. The van der Waals surface area contributed by atoms with Gasteiger partial charge in [0.2, 0.25) is 5.91 Å². The minimum absolute atomic E-state index is 0.306. The number of benzene rings is 1. The molecule has 4 nitrogen and oxygen atoms in total. The van der Waals surface area contributed by atoms with Crippen molar-refractivity contribution in [1.82, 2.24) is 0 Å². The van der Waals surface area contributed by atoms with E-state index in [9.17, 15) is 9.18 Å². The number of hydrogen-bond acceptors (Lipinski definition) is 3. The summed E-state index contributed by atoms with van der Waals surface area (Å²) in [6, 6.07) is 2.86. The van der Waals surface area contributed by atoms with E-state index in [2.05, 4.69) is 21.2 Å². The monoisotopic (exact) mass is 303 g/mol. The molecule has 0 saturated carbocycles. The van der Waals surface area contributed by atoms with Crippen LogP contribution in [0.3, 0.4) is 0 Å². The lowest BCUT2D eigenvalue weighted by molar-refractivity contribution is -0.118. The lowest BCUT2D eigenvalue weighted by atomic mass is 10.2. The average Bonchev–Trinajstić information content (AvgIpc) is 2.24. The molecule has 5 N–H and O–H groups in total. The normalized spacial score (nSPS) is 10.2. The van der Waals surface area contributed by atoms with Crippen molar-refractivity contribution in [2.24, 2.45) is 5.73 Å². The Kier molecular flexibility index (Phi) is 5.21. The Balaban J connectivity index is 2.41. The van der Waals surface area contributed by atoms with Gasteiger partial charge in [-0.1, -0.05) is 0 Å². The highest BCUT2D eigenvalue weighted by Crippen LogP contribution is 2.26. The summed E-state index contributed by atoms with van der Waals surface area (Å²) in [6.07, 6.45) is 1.85. The molecule has 0 aromatic heterocycles. The summed E-state index contributed by atoms with van der Waals surface area (Å²) < 4.78 is 13.6. The van der Waals surface area contributed by atoms with Crippen LogP contribution >= 0.6 is 15.9 Å². The summed E-state index contributed by atoms with van der Waals surface area (Å²) in [5.41, 5.74) is 11.8. The van der Waals surface area contributed by atoms with Crippen molar-refractivity contribution < 1.29 is 9.18 Å². The Morgan fingerprint density at radius 1 is 1.41 bits per heavy atom. The zero-order valence-electron chi connectivity index (χ0n) is 9.30. The van der Waals surface area contributed by atoms with Crippen LogP contribution in [-0.2, 0) is 4.79 Å². The molecular weight excluding hydrogens is 289 g/mol. The van der Waals surface area contributed by atoms with Gasteiger partial charge in [0.15, 0.2) is 0 Å². The van der Waals surface area contributed by atoms with Crippen molar-refractivity contribution in [2.45, 2.75) is 19.3 Å². The topological polar surface area (TPSA) is 81.1 Å². The molecule has 0 atom stereocenters. The van der Waals surface area contributed by atoms with E-state index >= 15 is 0 Å². The van der Waals surface area contributed by atoms with Gasteiger partial charge in [0.25, 0.3) is 0 Å². The lowest BCUT2D eigenvalue weighted by Gasteiger charge is -2.09. The predicted molar refractivity (Wildman–Crippen MR) is 70.0 cm³/mol. The molecule has 1 rings (SSSR count). The van der Waals surface area contributed by atoms with Crippen LogP contribution < -0.4 is 16.8 Å². The van der Waals surface area contributed by atoms with Crippen molar-refractivity contribution >= 4 is 33.2 Å². The summed E-state index contributed by atoms with van der Waals surface area (Å²) in [6.45, 7) is 0.624. The number of anilines is 2. The van der Waals surface area contributed by atoms with Crippen LogP contribution in [0.25, 0.3) is 0 Å². The molecule has 0 unspecified atom stereocenters. The van der Waals surface area contributed by atoms with Gasteiger partial charge in [-0.3, -0.25) is 4.79 Å². The summed E-state index contributed by atoms with van der Waals surface area (Å²) in [4.78, 5) is 10.5. The number of unbranched alkanes of at least 4 members (excludes halogenated alkanes) is 1. The molecule has 0 heterocycles. The number of carbonyl (C=O) groups excluding carboxylic acids is 1. The van der Waals surface area contributed by atoms with Crippen LogP contribution in [0, 0.1) is 5.82 Å². The Morgan fingerprint density at radius 2 is 2.12 bits per heavy atom. The Morgan fingerprint density at radius 3 is 2.76 bits per heavy atom. The van der Waals surface area contributed by atoms with E-state index in [-0.39, 0.29) is 11.7 Å². The third kappa shape index (κ3) is 4.60. The standard InChI is InChI=1S/C11H15BrFN3O/c12-7-5-9(14)10(6-8(7)13)16-4-2-1-3-11(15)17/h5-6,16H,1-4,14H2,(H2,15,17). The van der Waals surface area contributed by atoms with Crippen molar-refractivity contribution in [3.63, 3.8) is 0 Å². The van der Waals surface area contributed by atoms with E-state index in [4.69, 9.17) is 11.5 Å². The van der Waals surface area contributed by atoms with Gasteiger partial charge in [-0.05, 0) is 34.8 Å². The summed E-state index contributed by atoms with van der Waals surface area (Å²) in [7, 11) is 0. The lowest BCUT2D eigenvalue weighted by Crippen LogP contribution is -2.11. The Bertz CT molecular complexity index is 412. The SMILES string of the molecule is NC(=O)CCCCNc1cc(F)c(Br)cc1N. The van der Waals surface area contributed by atoms with Crippen molar-refractivity contribution in [3.8, 4) is 0 Å². The average molecular weight is 304 g/mol. The number of amides is 1. The fraction of sp³-hybridized carbons (Fsp3) is 0.364. The molecule has 94 valence electrons. The van der Waals surface area contributed by atoms with Crippen molar-refractivity contribution in [2.75, 3.05) is 17.6 Å². The van der Waals surface area contributed by atoms with Gasteiger partial charge in [-0.15, -0.1) is 0 Å². The number of halogens is 2. The highest BCUT2D eigenvalue weighted by Gasteiger charge is 2.05. The molecule has 17 heavy (non-hydrogen) atoms. The van der Waals surface area contributed by atoms with Gasteiger partial charge in [-0.25, -0.2) is 4.39 Å². The predicted octanol–water partition coefficient (Wildman–Crippen LogP) is 2.24. The second-order valence-corrected chi connectivity index (χ2v) is 4.56. The number of rotatable bonds is 6. The number of nitrogen functional groups attached to an aromatic ring is 1. The molecule has 0 radical (unpaired) electrons. The molecule has 0 bridgehead atoms. The van der Waals surface area contributed by atoms with Crippen LogP contribution in [0.4, 0.5) is 15.8 Å². The number of hydrogen-bond donors (Lipinski definition) is 3. The van der Waals surface area contributed by atoms with E-state index < -0.39 is 0 Å². The number of primary amides is 1. The summed E-state index contributed by atoms with van der Waals surface area (Å²) in [5.74, 6) is -0.668. The molecule has 1 aromatic rings. The highest BCUT2D eigenvalue weighted by molar-refractivity contribution is 9.10. The van der Waals surface area contributed by atoms with Gasteiger partial charge >= 0.3 is 0 Å². The molecule has 0 aliphatic heterocycles. The summed E-state index contributed by atoms with van der Waals surface area (Å²) in [5, 5.41) is 3.02. The number of carbonyl (C=O) groups is 1. The van der Waals surface area contributed by atoms with Gasteiger partial charge in [0.1, 0.15) is 5.82 Å². The Hall–Kier alpha value is -1.30. The zero-order valence-corrected chi connectivity index (χ0v) is 10.9. The molecule has 1 aromatic carbocycles. The van der Waals surface area contributed by atoms with Gasteiger partial charge < -0.3 is 16.8 Å². The van der Waals surface area contributed by atoms with Crippen LogP contribution in [0.2, 0.25) is 0 Å². The third-order valence-corrected chi connectivity index (χ3v) is 2.87. The maximum absolute atomic E-state index is 13.2. The van der Waals surface area contributed by atoms with Gasteiger partial charge in [-0.2, -0.15) is 0 Å². The molecular formula is C11H15BrFN3O. The molecule has 0 spiro atoms. The largest absolute Gasteiger partial charge is 0.397 e. The number of nitrogens with one attached hydrogen (secondary N) is 1. The summed E-state index contributed by atoms with van der Waals surface area (Å²) >= 11 is 3.06. The molecule has 0 saturated heterocycles. The highest BCUT2D eigenvalue weighted by atomic mass is 79.9. The fourth-order valence-corrected chi connectivity index (χ4v) is 1.72. The van der Waals surface area contributed by atoms with Crippen LogP contribution in [-0.4, -0.2) is 12.5 Å². The van der Waals surface area contributed by atoms with Gasteiger partial charge in [0.05, 0.1) is 15.8 Å². The van der Waals surface area contributed by atoms with E-state index in [0.717, 1.165) is 6.42 Å². The quantitative estimate of drug-likeness (QED) is 0.557. The smallest absolute Gasteiger partial charge is 0.217 e. The van der Waals surface area contributed by atoms with Crippen LogP contribution in [0.5, 0.6) is 0 Å². The first-order valence-electron chi connectivity index (χ1n) is 5.27. The minimum Gasteiger partial charge on any atom is -0.397 e. The molecule has 0 fully saturated rings.